The number of hydrogen-bond acceptors (Lipinski definition) is 6. The number of aliphatic hydroxyl groups excluding tert-OH is 2. The Labute approximate surface area is 116 Å². The van der Waals surface area contributed by atoms with Gasteiger partial charge < -0.3 is 25.0 Å². The highest BCUT2D eigenvalue weighted by molar-refractivity contribution is 7.98. The molecule has 3 N–H and O–H groups in total. The van der Waals surface area contributed by atoms with Gasteiger partial charge in [-0.1, -0.05) is 0 Å². The minimum atomic E-state index is -0.727. The van der Waals surface area contributed by atoms with Crippen LogP contribution in [0, 0.1) is 0 Å². The molecule has 19 heavy (non-hydrogen) atoms. The molecule has 0 radical (unpaired) electrons. The van der Waals surface area contributed by atoms with E-state index in [9.17, 15) is 5.11 Å². The first kappa shape index (κ1) is 14.5. The first-order chi connectivity index (χ1) is 9.24. The molecule has 0 saturated heterocycles. The lowest BCUT2D eigenvalue weighted by Crippen LogP contribution is -2.29. The minimum Gasteiger partial charge on any atom is -0.486 e. The summed E-state index contributed by atoms with van der Waals surface area (Å²) in [6.07, 6.45) is 1.28. The van der Waals surface area contributed by atoms with Crippen molar-refractivity contribution >= 4 is 11.8 Å². The number of benzene rings is 1. The molecule has 0 fully saturated rings. The van der Waals surface area contributed by atoms with E-state index in [0.717, 1.165) is 22.0 Å². The van der Waals surface area contributed by atoms with Crippen molar-refractivity contribution in [2.45, 2.75) is 17.5 Å². The number of nitrogens with one attached hydrogen (secondary N) is 1. The third-order valence-electron chi connectivity index (χ3n) is 2.85. The lowest BCUT2D eigenvalue weighted by molar-refractivity contribution is 0.0941. The fraction of sp³-hybridized carbons (Fsp3) is 0.538. The molecule has 5 nitrogen and oxygen atoms in total. The predicted octanol–water partition coefficient (Wildman–Crippen LogP) is 0.622. The number of hydrogen-bond donors (Lipinski definition) is 3. The molecule has 106 valence electrons. The predicted molar refractivity (Wildman–Crippen MR) is 74.0 cm³/mol. The van der Waals surface area contributed by atoms with Crippen molar-refractivity contribution in [1.29, 1.82) is 0 Å². The fourth-order valence-corrected chi connectivity index (χ4v) is 2.50. The Kier molecular flexibility index (Phi) is 5.33. The van der Waals surface area contributed by atoms with Crippen LogP contribution < -0.4 is 14.8 Å². The van der Waals surface area contributed by atoms with Crippen molar-refractivity contribution in [2.24, 2.45) is 0 Å². The maximum Gasteiger partial charge on any atom is 0.162 e. The zero-order valence-corrected chi connectivity index (χ0v) is 11.7. The largest absolute Gasteiger partial charge is 0.486 e. The molecule has 1 aromatic rings. The highest BCUT2D eigenvalue weighted by atomic mass is 32.2. The summed E-state index contributed by atoms with van der Waals surface area (Å²) in [5, 5.41) is 21.2. The Morgan fingerprint density at radius 2 is 2.00 bits per heavy atom. The van der Waals surface area contributed by atoms with Gasteiger partial charge in [-0.3, -0.25) is 0 Å². The van der Waals surface area contributed by atoms with Crippen LogP contribution in [-0.2, 0) is 6.54 Å². The third kappa shape index (κ3) is 3.76. The van der Waals surface area contributed by atoms with Crippen LogP contribution >= 0.6 is 11.8 Å². The van der Waals surface area contributed by atoms with Crippen molar-refractivity contribution in [2.75, 3.05) is 32.6 Å². The van der Waals surface area contributed by atoms with Crippen LogP contribution in [0.5, 0.6) is 11.5 Å². The molecule has 0 aromatic heterocycles. The highest BCUT2D eigenvalue weighted by Gasteiger charge is 2.15. The maximum absolute atomic E-state index is 9.29. The minimum absolute atomic E-state index is 0.233. The third-order valence-corrected chi connectivity index (χ3v) is 3.67. The van der Waals surface area contributed by atoms with Crippen molar-refractivity contribution in [3.8, 4) is 11.5 Å². The second kappa shape index (κ2) is 7.00. The van der Waals surface area contributed by atoms with Gasteiger partial charge in [-0.25, -0.2) is 0 Å². The topological polar surface area (TPSA) is 71.0 Å². The highest BCUT2D eigenvalue weighted by Crippen LogP contribution is 2.36. The van der Waals surface area contributed by atoms with Crippen LogP contribution in [0.15, 0.2) is 17.0 Å². The molecule has 0 aliphatic carbocycles. The molecule has 1 atom stereocenters. The van der Waals surface area contributed by atoms with Crippen LogP contribution in [0.2, 0.25) is 0 Å². The zero-order valence-electron chi connectivity index (χ0n) is 10.9. The summed E-state index contributed by atoms with van der Waals surface area (Å²) in [4.78, 5) is 1.12. The Balaban J connectivity index is 2.06. The van der Waals surface area contributed by atoms with Gasteiger partial charge in [0, 0.05) is 18.0 Å². The summed E-state index contributed by atoms with van der Waals surface area (Å²) in [6.45, 7) is 1.90. The second-order valence-electron chi connectivity index (χ2n) is 4.28. The molecular weight excluding hydrogens is 266 g/mol. The van der Waals surface area contributed by atoms with E-state index >= 15 is 0 Å². The van der Waals surface area contributed by atoms with Crippen molar-refractivity contribution < 1.29 is 19.7 Å². The molecule has 0 spiro atoms. The molecular formula is C13H19NO4S. The maximum atomic E-state index is 9.29. The van der Waals surface area contributed by atoms with Gasteiger partial charge in [0.1, 0.15) is 13.2 Å². The molecule has 1 aromatic carbocycles. The average molecular weight is 285 g/mol. The standard InChI is InChI=1S/C13H19NO4S/c1-19-13-5-12-11(17-2-3-18-12)4-9(13)6-14-7-10(16)8-15/h4-5,10,14-16H,2-3,6-8H2,1H3. The molecule has 1 aliphatic rings. The number of rotatable bonds is 6. The van der Waals surface area contributed by atoms with E-state index in [1.807, 2.05) is 18.4 Å². The number of thioether (sulfide) groups is 1. The first-order valence-corrected chi connectivity index (χ1v) is 7.43. The van der Waals surface area contributed by atoms with E-state index in [2.05, 4.69) is 5.32 Å². The van der Waals surface area contributed by atoms with Gasteiger partial charge in [0.05, 0.1) is 12.7 Å². The fourth-order valence-electron chi connectivity index (χ4n) is 1.88. The van der Waals surface area contributed by atoms with Crippen molar-refractivity contribution in [3.05, 3.63) is 17.7 Å². The van der Waals surface area contributed by atoms with E-state index in [-0.39, 0.29) is 6.61 Å². The van der Waals surface area contributed by atoms with Gasteiger partial charge in [-0.15, -0.1) is 11.8 Å². The quantitative estimate of drug-likeness (QED) is 0.666. The SMILES string of the molecule is CSc1cc2c(cc1CNCC(O)CO)OCCO2. The van der Waals surface area contributed by atoms with Gasteiger partial charge in [-0.05, 0) is 24.0 Å². The van der Waals surface area contributed by atoms with Gasteiger partial charge in [0.25, 0.3) is 0 Å². The number of aliphatic hydroxyl groups is 2. The van der Waals surface area contributed by atoms with Gasteiger partial charge in [-0.2, -0.15) is 0 Å². The van der Waals surface area contributed by atoms with E-state index in [1.165, 1.54) is 0 Å². The molecule has 0 amide bonds. The molecule has 1 aliphatic heterocycles. The second-order valence-corrected chi connectivity index (χ2v) is 5.12. The van der Waals surface area contributed by atoms with Crippen LogP contribution in [0.25, 0.3) is 0 Å². The first-order valence-electron chi connectivity index (χ1n) is 6.20. The van der Waals surface area contributed by atoms with Crippen molar-refractivity contribution in [1.82, 2.24) is 5.32 Å². The van der Waals surface area contributed by atoms with Gasteiger partial charge >= 0.3 is 0 Å². The lowest BCUT2D eigenvalue weighted by atomic mass is 10.2. The molecule has 0 bridgehead atoms. The number of ether oxygens (including phenoxy) is 2. The summed E-state index contributed by atoms with van der Waals surface area (Å²) >= 11 is 1.65. The van der Waals surface area contributed by atoms with Crippen molar-refractivity contribution in [3.63, 3.8) is 0 Å². The Bertz CT molecular complexity index is 427. The summed E-state index contributed by atoms with van der Waals surface area (Å²) in [5.41, 5.74) is 1.10. The molecule has 1 unspecified atom stereocenters. The Morgan fingerprint density at radius 3 is 2.63 bits per heavy atom. The Morgan fingerprint density at radius 1 is 1.32 bits per heavy atom. The zero-order chi connectivity index (χ0) is 13.7. The van der Waals surface area contributed by atoms with E-state index < -0.39 is 6.10 Å². The van der Waals surface area contributed by atoms with Gasteiger partial charge in [0.2, 0.25) is 0 Å². The average Bonchev–Trinajstić information content (AvgIpc) is 2.46. The molecule has 2 rings (SSSR count). The molecule has 6 heteroatoms. The molecule has 1 heterocycles. The lowest BCUT2D eigenvalue weighted by Gasteiger charge is -2.21. The summed E-state index contributed by atoms with van der Waals surface area (Å²) in [7, 11) is 0. The van der Waals surface area contributed by atoms with E-state index in [0.29, 0.717) is 26.3 Å². The van der Waals surface area contributed by atoms with Crippen LogP contribution in [0.3, 0.4) is 0 Å². The van der Waals surface area contributed by atoms with Gasteiger partial charge in [0.15, 0.2) is 11.5 Å². The van der Waals surface area contributed by atoms with E-state index in [1.54, 1.807) is 11.8 Å². The molecule has 0 saturated carbocycles. The summed E-state index contributed by atoms with van der Waals surface area (Å²) in [6, 6.07) is 3.96. The summed E-state index contributed by atoms with van der Waals surface area (Å²) < 4.78 is 11.1. The smallest absolute Gasteiger partial charge is 0.162 e. The normalized spacial score (nSPS) is 15.3. The van der Waals surface area contributed by atoms with E-state index in [4.69, 9.17) is 14.6 Å². The van der Waals surface area contributed by atoms with Crippen LogP contribution in [0.4, 0.5) is 0 Å². The Hall–Kier alpha value is -0.950. The summed E-state index contributed by atoms with van der Waals surface area (Å²) in [5.74, 6) is 1.55. The van der Waals surface area contributed by atoms with Crippen LogP contribution in [0.1, 0.15) is 5.56 Å². The van der Waals surface area contributed by atoms with Crippen LogP contribution in [-0.4, -0.2) is 48.9 Å². The number of fused-ring (bicyclic) bond motifs is 1. The monoisotopic (exact) mass is 285 g/mol.